The Kier molecular flexibility index (Phi) is 4.34. The Morgan fingerprint density at radius 1 is 1.27 bits per heavy atom. The average molecular weight is 320 g/mol. The molecule has 1 aromatic heterocycles. The molecule has 0 bridgehead atoms. The number of benzene rings is 1. The van der Waals surface area contributed by atoms with E-state index in [0.717, 1.165) is 18.6 Å². The molecule has 0 spiro atoms. The van der Waals surface area contributed by atoms with Crippen LogP contribution in [-0.4, -0.2) is 39.6 Å². The number of likely N-dealkylation sites (tertiary alicyclic amines) is 1. The van der Waals surface area contributed by atoms with Gasteiger partial charge in [0.05, 0.1) is 0 Å². The van der Waals surface area contributed by atoms with Crippen LogP contribution in [0.4, 0.5) is 0 Å². The molecule has 6 heteroatoms. The quantitative estimate of drug-likeness (QED) is 0.874. The summed E-state index contributed by atoms with van der Waals surface area (Å²) in [6.45, 7) is 1.37. The number of halogens is 1. The van der Waals surface area contributed by atoms with Gasteiger partial charge in [0.2, 0.25) is 0 Å². The van der Waals surface area contributed by atoms with Crippen LogP contribution in [0.1, 0.15) is 23.5 Å². The van der Waals surface area contributed by atoms with E-state index >= 15 is 0 Å². The Hall–Kier alpha value is -2.01. The predicted molar refractivity (Wildman–Crippen MR) is 84.2 cm³/mol. The molecule has 2 heterocycles. The molecule has 5 nitrogen and oxygen atoms in total. The van der Waals surface area contributed by atoms with E-state index in [0.29, 0.717) is 23.9 Å². The molecule has 3 rings (SSSR count). The van der Waals surface area contributed by atoms with Crippen LogP contribution >= 0.6 is 11.6 Å². The molecule has 1 amide bonds. The molecule has 0 aliphatic carbocycles. The van der Waals surface area contributed by atoms with Crippen LogP contribution in [0.5, 0.6) is 5.75 Å². The molecule has 1 saturated heterocycles. The molecular weight excluding hydrogens is 302 g/mol. The third-order valence-corrected chi connectivity index (χ3v) is 4.11. The summed E-state index contributed by atoms with van der Waals surface area (Å²) in [6.07, 6.45) is 5.19. The number of hydrogen-bond acceptors (Lipinski definition) is 3. The van der Waals surface area contributed by atoms with Gasteiger partial charge in [-0.2, -0.15) is 0 Å². The highest BCUT2D eigenvalue weighted by molar-refractivity contribution is 6.30. The van der Waals surface area contributed by atoms with Crippen LogP contribution in [0.15, 0.2) is 36.7 Å². The summed E-state index contributed by atoms with van der Waals surface area (Å²) in [7, 11) is 1.83. The predicted octanol–water partition coefficient (Wildman–Crippen LogP) is 2.76. The van der Waals surface area contributed by atoms with E-state index < -0.39 is 0 Å². The van der Waals surface area contributed by atoms with Gasteiger partial charge in [-0.05, 0) is 24.3 Å². The van der Waals surface area contributed by atoms with Crippen LogP contribution in [0.3, 0.4) is 0 Å². The van der Waals surface area contributed by atoms with Crippen molar-refractivity contribution >= 4 is 17.5 Å². The number of aryl methyl sites for hydroxylation is 1. The fraction of sp³-hybridized carbons (Fsp3) is 0.375. The number of rotatable bonds is 3. The maximum absolute atomic E-state index is 12.4. The molecule has 1 aromatic carbocycles. The summed E-state index contributed by atoms with van der Waals surface area (Å²) in [5, 5.41) is 0.697. The Labute approximate surface area is 134 Å². The topological polar surface area (TPSA) is 47.4 Å². The smallest absolute Gasteiger partial charge is 0.289 e. The van der Waals surface area contributed by atoms with Gasteiger partial charge in [-0.3, -0.25) is 4.79 Å². The number of amides is 1. The zero-order valence-electron chi connectivity index (χ0n) is 12.4. The molecule has 0 saturated carbocycles. The fourth-order valence-electron chi connectivity index (χ4n) is 2.60. The highest BCUT2D eigenvalue weighted by atomic mass is 35.5. The molecule has 22 heavy (non-hydrogen) atoms. The molecule has 1 aliphatic heterocycles. The number of carbonyl (C=O) groups excluding carboxylic acids is 1. The Morgan fingerprint density at radius 3 is 2.55 bits per heavy atom. The molecule has 116 valence electrons. The molecule has 2 aromatic rings. The number of hydrogen-bond donors (Lipinski definition) is 0. The Balaban J connectivity index is 1.55. The Morgan fingerprint density at radius 2 is 1.95 bits per heavy atom. The maximum atomic E-state index is 12.4. The highest BCUT2D eigenvalue weighted by Crippen LogP contribution is 2.21. The lowest BCUT2D eigenvalue weighted by Crippen LogP contribution is -2.42. The van der Waals surface area contributed by atoms with Gasteiger partial charge in [0.15, 0.2) is 5.82 Å². The molecular formula is C16H18ClN3O2. The molecule has 0 unspecified atom stereocenters. The second kappa shape index (κ2) is 6.40. The summed E-state index contributed by atoms with van der Waals surface area (Å²) in [5.41, 5.74) is 0. The molecule has 1 fully saturated rings. The minimum atomic E-state index is -0.0163. The van der Waals surface area contributed by atoms with E-state index in [-0.39, 0.29) is 12.0 Å². The van der Waals surface area contributed by atoms with Crippen molar-refractivity contribution in [3.05, 3.63) is 47.5 Å². The lowest BCUT2D eigenvalue weighted by Gasteiger charge is -2.32. The molecule has 0 N–H and O–H groups in total. The monoisotopic (exact) mass is 319 g/mol. The Bertz CT molecular complexity index is 646. The third kappa shape index (κ3) is 3.25. The number of ether oxygens (including phenoxy) is 1. The summed E-state index contributed by atoms with van der Waals surface area (Å²) in [6, 6.07) is 7.37. The second-order valence-corrected chi connectivity index (χ2v) is 5.86. The zero-order chi connectivity index (χ0) is 15.5. The number of aromatic nitrogens is 2. The van der Waals surface area contributed by atoms with Gasteiger partial charge in [-0.1, -0.05) is 11.6 Å². The van der Waals surface area contributed by atoms with Crippen molar-refractivity contribution in [3.63, 3.8) is 0 Å². The average Bonchev–Trinajstić information content (AvgIpc) is 2.96. The lowest BCUT2D eigenvalue weighted by atomic mass is 10.1. The summed E-state index contributed by atoms with van der Waals surface area (Å²) in [5.74, 6) is 1.28. The first-order valence-electron chi connectivity index (χ1n) is 7.32. The van der Waals surface area contributed by atoms with Crippen molar-refractivity contribution in [2.45, 2.75) is 18.9 Å². The van der Waals surface area contributed by atoms with Gasteiger partial charge < -0.3 is 14.2 Å². The third-order valence-electron chi connectivity index (χ3n) is 3.86. The van der Waals surface area contributed by atoms with Crippen molar-refractivity contribution in [3.8, 4) is 5.75 Å². The van der Waals surface area contributed by atoms with E-state index in [2.05, 4.69) is 4.98 Å². The minimum absolute atomic E-state index is 0.0163. The van der Waals surface area contributed by atoms with Crippen LogP contribution in [0, 0.1) is 0 Å². The van der Waals surface area contributed by atoms with Crippen molar-refractivity contribution in [2.24, 2.45) is 7.05 Å². The SMILES string of the molecule is Cn1ccnc1C(=O)N1CCC(Oc2ccc(Cl)cc2)CC1. The van der Waals surface area contributed by atoms with Crippen molar-refractivity contribution < 1.29 is 9.53 Å². The summed E-state index contributed by atoms with van der Waals surface area (Å²) in [4.78, 5) is 18.3. The van der Waals surface area contributed by atoms with Crippen molar-refractivity contribution in [1.29, 1.82) is 0 Å². The maximum Gasteiger partial charge on any atom is 0.289 e. The lowest BCUT2D eigenvalue weighted by molar-refractivity contribution is 0.0581. The molecule has 0 radical (unpaired) electrons. The van der Waals surface area contributed by atoms with Gasteiger partial charge in [0.1, 0.15) is 11.9 Å². The van der Waals surface area contributed by atoms with E-state index in [9.17, 15) is 4.79 Å². The van der Waals surface area contributed by atoms with Crippen molar-refractivity contribution in [2.75, 3.05) is 13.1 Å². The first-order valence-corrected chi connectivity index (χ1v) is 7.70. The van der Waals surface area contributed by atoms with Gasteiger partial charge >= 0.3 is 0 Å². The minimum Gasteiger partial charge on any atom is -0.490 e. The zero-order valence-corrected chi connectivity index (χ0v) is 13.2. The summed E-state index contributed by atoms with van der Waals surface area (Å²) < 4.78 is 7.68. The number of piperidine rings is 1. The van der Waals surface area contributed by atoms with Crippen molar-refractivity contribution in [1.82, 2.24) is 14.5 Å². The normalized spacial score (nSPS) is 15.8. The van der Waals surface area contributed by atoms with Gasteiger partial charge in [0.25, 0.3) is 5.91 Å². The van der Waals surface area contributed by atoms with Crippen LogP contribution < -0.4 is 4.74 Å². The molecule has 1 aliphatic rings. The standard InChI is InChI=1S/C16H18ClN3O2/c1-19-11-8-18-15(19)16(21)20-9-6-14(7-10-20)22-13-4-2-12(17)3-5-13/h2-5,8,11,14H,6-7,9-10H2,1H3. The van der Waals surface area contributed by atoms with E-state index in [1.165, 1.54) is 0 Å². The number of imidazole rings is 1. The van der Waals surface area contributed by atoms with Gasteiger partial charge in [-0.15, -0.1) is 0 Å². The van der Waals surface area contributed by atoms with Crippen LogP contribution in [-0.2, 0) is 7.05 Å². The van der Waals surface area contributed by atoms with Crippen LogP contribution in [0.2, 0.25) is 5.02 Å². The number of nitrogens with zero attached hydrogens (tertiary/aromatic N) is 3. The van der Waals surface area contributed by atoms with Gasteiger partial charge in [0, 0.05) is 50.4 Å². The molecule has 0 atom stereocenters. The van der Waals surface area contributed by atoms with E-state index in [1.54, 1.807) is 17.0 Å². The van der Waals surface area contributed by atoms with E-state index in [1.807, 2.05) is 36.2 Å². The fourth-order valence-corrected chi connectivity index (χ4v) is 2.72. The van der Waals surface area contributed by atoms with Gasteiger partial charge in [-0.25, -0.2) is 4.98 Å². The largest absolute Gasteiger partial charge is 0.490 e. The van der Waals surface area contributed by atoms with Crippen LogP contribution in [0.25, 0.3) is 0 Å². The first kappa shape index (κ1) is 14.9. The number of carbonyl (C=O) groups is 1. The van der Waals surface area contributed by atoms with E-state index in [4.69, 9.17) is 16.3 Å². The second-order valence-electron chi connectivity index (χ2n) is 5.43. The highest BCUT2D eigenvalue weighted by Gasteiger charge is 2.26. The first-order chi connectivity index (χ1) is 10.6. The summed E-state index contributed by atoms with van der Waals surface area (Å²) >= 11 is 5.86.